The van der Waals surface area contributed by atoms with Gasteiger partial charge in [-0.15, -0.1) is 0 Å². The van der Waals surface area contributed by atoms with E-state index in [2.05, 4.69) is 43.6 Å². The van der Waals surface area contributed by atoms with E-state index in [0.717, 1.165) is 17.3 Å². The molecule has 1 aliphatic heterocycles. The maximum atomic E-state index is 12.7. The third-order valence-electron chi connectivity index (χ3n) is 4.88. The molecule has 1 aliphatic rings. The number of amides is 1. The van der Waals surface area contributed by atoms with Crippen LogP contribution in [0.2, 0.25) is 0 Å². The average Bonchev–Trinajstić information content (AvgIpc) is 2.67. The van der Waals surface area contributed by atoms with Crippen LogP contribution < -0.4 is 4.90 Å². The smallest absolute Gasteiger partial charge is 0.257 e. The number of para-hydroxylation sites is 1. The first-order chi connectivity index (χ1) is 12.9. The number of phenolic OH excluding ortho intramolecular Hbond substituents is 1. The van der Waals surface area contributed by atoms with E-state index in [1.807, 2.05) is 0 Å². The lowest BCUT2D eigenvalue weighted by Crippen LogP contribution is -2.49. The van der Waals surface area contributed by atoms with Crippen LogP contribution in [0, 0.1) is 0 Å². The van der Waals surface area contributed by atoms with E-state index >= 15 is 0 Å². The molecule has 2 heterocycles. The SMILES string of the molecule is CC(C)c1cc(N2CCN(C(=O)c3ccccc3O)CC2)nc(C(C)C)n1. The summed E-state index contributed by atoms with van der Waals surface area (Å²) in [6.45, 7) is 11.1. The Morgan fingerprint density at radius 3 is 2.26 bits per heavy atom. The molecule has 144 valence electrons. The number of anilines is 1. The van der Waals surface area contributed by atoms with Crippen molar-refractivity contribution in [2.75, 3.05) is 31.1 Å². The van der Waals surface area contributed by atoms with Crippen molar-refractivity contribution in [3.63, 3.8) is 0 Å². The number of benzene rings is 1. The van der Waals surface area contributed by atoms with Crippen molar-refractivity contribution in [2.45, 2.75) is 39.5 Å². The van der Waals surface area contributed by atoms with E-state index in [0.29, 0.717) is 37.7 Å². The summed E-state index contributed by atoms with van der Waals surface area (Å²) >= 11 is 0. The number of rotatable bonds is 4. The van der Waals surface area contributed by atoms with Gasteiger partial charge < -0.3 is 14.9 Å². The van der Waals surface area contributed by atoms with Crippen LogP contribution in [0.5, 0.6) is 5.75 Å². The maximum absolute atomic E-state index is 12.7. The van der Waals surface area contributed by atoms with E-state index in [-0.39, 0.29) is 17.6 Å². The summed E-state index contributed by atoms with van der Waals surface area (Å²) in [4.78, 5) is 26.1. The van der Waals surface area contributed by atoms with Crippen molar-refractivity contribution < 1.29 is 9.90 Å². The summed E-state index contributed by atoms with van der Waals surface area (Å²) in [7, 11) is 0. The van der Waals surface area contributed by atoms with Crippen LogP contribution in [-0.4, -0.2) is 52.1 Å². The summed E-state index contributed by atoms with van der Waals surface area (Å²) in [5.41, 5.74) is 1.41. The fourth-order valence-electron chi connectivity index (χ4n) is 3.15. The van der Waals surface area contributed by atoms with Crippen molar-refractivity contribution in [2.24, 2.45) is 0 Å². The standard InChI is InChI=1S/C21H28N4O2/c1-14(2)17-13-19(23-20(22-17)15(3)4)24-9-11-25(12-10-24)21(27)16-7-5-6-8-18(16)26/h5-8,13-15,26H,9-12H2,1-4H3. The third-order valence-corrected chi connectivity index (χ3v) is 4.88. The number of nitrogens with zero attached hydrogens (tertiary/aromatic N) is 4. The monoisotopic (exact) mass is 368 g/mol. The molecule has 0 spiro atoms. The number of aromatic hydroxyl groups is 1. The first-order valence-corrected chi connectivity index (χ1v) is 9.58. The van der Waals surface area contributed by atoms with Gasteiger partial charge in [-0.2, -0.15) is 0 Å². The molecule has 1 aromatic carbocycles. The van der Waals surface area contributed by atoms with E-state index in [1.54, 1.807) is 29.2 Å². The van der Waals surface area contributed by atoms with Gasteiger partial charge >= 0.3 is 0 Å². The molecule has 1 saturated heterocycles. The summed E-state index contributed by atoms with van der Waals surface area (Å²) < 4.78 is 0. The van der Waals surface area contributed by atoms with Crippen molar-refractivity contribution >= 4 is 11.7 Å². The first-order valence-electron chi connectivity index (χ1n) is 9.58. The topological polar surface area (TPSA) is 69.6 Å². The van der Waals surface area contributed by atoms with Gasteiger partial charge in [-0.1, -0.05) is 39.8 Å². The molecule has 0 bridgehead atoms. The second kappa shape index (κ2) is 7.94. The molecule has 0 atom stereocenters. The van der Waals surface area contributed by atoms with Gasteiger partial charge in [0.05, 0.1) is 5.56 Å². The molecule has 1 fully saturated rings. The van der Waals surface area contributed by atoms with Gasteiger partial charge in [0.15, 0.2) is 0 Å². The van der Waals surface area contributed by atoms with E-state index in [9.17, 15) is 9.90 Å². The zero-order chi connectivity index (χ0) is 19.6. The Bertz CT molecular complexity index is 785. The Kier molecular flexibility index (Phi) is 5.63. The number of hydrogen-bond donors (Lipinski definition) is 1. The van der Waals surface area contributed by atoms with Gasteiger partial charge in [0.2, 0.25) is 0 Å². The van der Waals surface area contributed by atoms with Crippen LogP contribution in [0.1, 0.15) is 61.4 Å². The lowest BCUT2D eigenvalue weighted by atomic mass is 10.1. The quantitative estimate of drug-likeness (QED) is 0.896. The minimum atomic E-state index is -0.124. The fraction of sp³-hybridized carbons (Fsp3) is 0.476. The predicted octanol–water partition coefficient (Wildman–Crippen LogP) is 3.39. The zero-order valence-corrected chi connectivity index (χ0v) is 16.5. The molecular weight excluding hydrogens is 340 g/mol. The predicted molar refractivity (Wildman–Crippen MR) is 106 cm³/mol. The molecule has 0 aliphatic carbocycles. The molecule has 0 unspecified atom stereocenters. The molecular formula is C21H28N4O2. The van der Waals surface area contributed by atoms with Crippen LogP contribution in [0.3, 0.4) is 0 Å². The van der Waals surface area contributed by atoms with E-state index in [1.165, 1.54) is 0 Å². The number of carbonyl (C=O) groups is 1. The number of piperazine rings is 1. The number of aromatic nitrogens is 2. The van der Waals surface area contributed by atoms with Crippen molar-refractivity contribution in [1.29, 1.82) is 0 Å². The Balaban J connectivity index is 1.74. The molecule has 0 radical (unpaired) electrons. The first kappa shape index (κ1) is 19.1. The Labute approximate surface area is 160 Å². The van der Waals surface area contributed by atoms with Gasteiger partial charge in [-0.25, -0.2) is 9.97 Å². The zero-order valence-electron chi connectivity index (χ0n) is 16.5. The second-order valence-electron chi connectivity index (χ2n) is 7.62. The number of carbonyl (C=O) groups excluding carboxylic acids is 1. The molecule has 3 rings (SSSR count). The van der Waals surface area contributed by atoms with Gasteiger partial charge in [0.25, 0.3) is 5.91 Å². The van der Waals surface area contributed by atoms with Crippen LogP contribution in [-0.2, 0) is 0 Å². The molecule has 1 aromatic heterocycles. The highest BCUT2D eigenvalue weighted by molar-refractivity contribution is 5.96. The minimum Gasteiger partial charge on any atom is -0.507 e. The van der Waals surface area contributed by atoms with E-state index in [4.69, 9.17) is 4.98 Å². The molecule has 1 N–H and O–H groups in total. The average molecular weight is 368 g/mol. The summed E-state index contributed by atoms with van der Waals surface area (Å²) in [6, 6.07) is 8.77. The second-order valence-corrected chi connectivity index (χ2v) is 7.62. The Morgan fingerprint density at radius 1 is 1.00 bits per heavy atom. The highest BCUT2D eigenvalue weighted by Crippen LogP contribution is 2.24. The molecule has 6 nitrogen and oxygen atoms in total. The number of hydrogen-bond acceptors (Lipinski definition) is 5. The van der Waals surface area contributed by atoms with E-state index < -0.39 is 0 Å². The van der Waals surface area contributed by atoms with Crippen LogP contribution in [0.4, 0.5) is 5.82 Å². The highest BCUT2D eigenvalue weighted by Gasteiger charge is 2.25. The maximum Gasteiger partial charge on any atom is 0.257 e. The van der Waals surface area contributed by atoms with Gasteiger partial charge in [-0.3, -0.25) is 4.79 Å². The largest absolute Gasteiger partial charge is 0.507 e. The highest BCUT2D eigenvalue weighted by atomic mass is 16.3. The third kappa shape index (κ3) is 4.21. The van der Waals surface area contributed by atoms with Crippen molar-refractivity contribution in [3.8, 4) is 5.75 Å². The Morgan fingerprint density at radius 2 is 1.67 bits per heavy atom. The Hall–Kier alpha value is -2.63. The van der Waals surface area contributed by atoms with Gasteiger partial charge in [0, 0.05) is 43.9 Å². The molecule has 6 heteroatoms. The number of phenols is 1. The minimum absolute atomic E-state index is 0.0314. The van der Waals surface area contributed by atoms with Gasteiger partial charge in [-0.05, 0) is 18.1 Å². The van der Waals surface area contributed by atoms with Crippen molar-refractivity contribution in [3.05, 3.63) is 47.4 Å². The normalized spacial score (nSPS) is 14.9. The van der Waals surface area contributed by atoms with Crippen LogP contribution >= 0.6 is 0 Å². The summed E-state index contributed by atoms with van der Waals surface area (Å²) in [5.74, 6) is 2.32. The summed E-state index contributed by atoms with van der Waals surface area (Å²) in [5, 5.41) is 9.93. The molecule has 2 aromatic rings. The summed E-state index contributed by atoms with van der Waals surface area (Å²) in [6.07, 6.45) is 0. The lowest BCUT2D eigenvalue weighted by Gasteiger charge is -2.36. The molecule has 27 heavy (non-hydrogen) atoms. The van der Waals surface area contributed by atoms with Crippen LogP contribution in [0.15, 0.2) is 30.3 Å². The van der Waals surface area contributed by atoms with Gasteiger partial charge in [0.1, 0.15) is 17.4 Å². The van der Waals surface area contributed by atoms with Crippen molar-refractivity contribution in [1.82, 2.24) is 14.9 Å². The van der Waals surface area contributed by atoms with Crippen LogP contribution in [0.25, 0.3) is 0 Å². The molecule has 1 amide bonds. The lowest BCUT2D eigenvalue weighted by molar-refractivity contribution is 0.0743. The fourth-order valence-corrected chi connectivity index (χ4v) is 3.15. The molecule has 0 saturated carbocycles.